The Balaban J connectivity index is 2.32. The van der Waals surface area contributed by atoms with E-state index < -0.39 is 0 Å². The van der Waals surface area contributed by atoms with Crippen molar-refractivity contribution in [1.82, 2.24) is 10.2 Å². The van der Waals surface area contributed by atoms with E-state index in [-0.39, 0.29) is 0 Å². The van der Waals surface area contributed by atoms with Gasteiger partial charge in [-0.05, 0) is 32.2 Å². The topological polar surface area (TPSA) is 15.3 Å². The van der Waals surface area contributed by atoms with Crippen LogP contribution in [0.2, 0.25) is 0 Å². The van der Waals surface area contributed by atoms with Crippen molar-refractivity contribution >= 4 is 0 Å². The lowest BCUT2D eigenvalue weighted by Crippen LogP contribution is -2.57. The van der Waals surface area contributed by atoms with E-state index in [0.29, 0.717) is 11.0 Å². The summed E-state index contributed by atoms with van der Waals surface area (Å²) in [7, 11) is 0. The maximum Gasteiger partial charge on any atom is 0.0252 e. The minimum Gasteiger partial charge on any atom is -0.309 e. The van der Waals surface area contributed by atoms with E-state index in [0.717, 1.165) is 6.54 Å². The van der Waals surface area contributed by atoms with Gasteiger partial charge in [-0.1, -0.05) is 20.8 Å². The first-order valence-electron chi connectivity index (χ1n) is 5.76. The van der Waals surface area contributed by atoms with Crippen LogP contribution in [-0.4, -0.2) is 36.6 Å². The summed E-state index contributed by atoms with van der Waals surface area (Å²) in [6.45, 7) is 16.3. The Bertz CT molecular complexity index is 179. The molecule has 14 heavy (non-hydrogen) atoms. The fourth-order valence-corrected chi connectivity index (χ4v) is 1.93. The Morgan fingerprint density at radius 3 is 2.43 bits per heavy atom. The highest BCUT2D eigenvalue weighted by Gasteiger charge is 2.25. The summed E-state index contributed by atoms with van der Waals surface area (Å²) in [5.74, 6) is 0. The van der Waals surface area contributed by atoms with Crippen LogP contribution in [0.5, 0.6) is 0 Å². The molecule has 2 heteroatoms. The van der Waals surface area contributed by atoms with Crippen LogP contribution < -0.4 is 5.32 Å². The average molecular weight is 198 g/mol. The van der Waals surface area contributed by atoms with Crippen molar-refractivity contribution in [3.05, 3.63) is 0 Å². The van der Waals surface area contributed by atoms with Gasteiger partial charge in [0.05, 0.1) is 0 Å². The molecule has 0 saturated carbocycles. The summed E-state index contributed by atoms with van der Waals surface area (Å²) in [6.07, 6.45) is 1.29. The highest BCUT2D eigenvalue weighted by atomic mass is 15.2. The molecular weight excluding hydrogens is 172 g/mol. The normalized spacial score (nSPS) is 23.8. The van der Waals surface area contributed by atoms with Gasteiger partial charge < -0.3 is 10.2 Å². The second-order valence-corrected chi connectivity index (χ2v) is 6.40. The molecule has 0 amide bonds. The molecule has 0 aromatic rings. The van der Waals surface area contributed by atoms with E-state index in [4.69, 9.17) is 0 Å². The molecule has 0 aliphatic carbocycles. The molecule has 2 nitrogen and oxygen atoms in total. The Morgan fingerprint density at radius 1 is 1.29 bits per heavy atom. The van der Waals surface area contributed by atoms with Crippen molar-refractivity contribution in [3.63, 3.8) is 0 Å². The zero-order chi connectivity index (χ0) is 10.8. The number of hydrogen-bond acceptors (Lipinski definition) is 2. The summed E-state index contributed by atoms with van der Waals surface area (Å²) in [5.41, 5.74) is 0.769. The zero-order valence-electron chi connectivity index (χ0n) is 10.5. The van der Waals surface area contributed by atoms with Crippen LogP contribution in [0, 0.1) is 5.41 Å². The first-order valence-corrected chi connectivity index (χ1v) is 5.76. The lowest BCUT2D eigenvalue weighted by atomic mass is 9.91. The Kier molecular flexibility index (Phi) is 3.59. The second-order valence-electron chi connectivity index (χ2n) is 6.40. The van der Waals surface area contributed by atoms with E-state index >= 15 is 0 Å². The average Bonchev–Trinajstić information content (AvgIpc) is 1.98. The first kappa shape index (κ1) is 12.0. The molecule has 84 valence electrons. The molecule has 0 bridgehead atoms. The second kappa shape index (κ2) is 4.19. The van der Waals surface area contributed by atoms with E-state index in [9.17, 15) is 0 Å². The largest absolute Gasteiger partial charge is 0.309 e. The van der Waals surface area contributed by atoms with Crippen molar-refractivity contribution in [3.8, 4) is 0 Å². The predicted octanol–water partition coefficient (Wildman–Crippen LogP) is 2.11. The molecule has 0 radical (unpaired) electrons. The van der Waals surface area contributed by atoms with Crippen LogP contribution in [0.25, 0.3) is 0 Å². The molecule has 1 heterocycles. The number of nitrogens with zero attached hydrogens (tertiary/aromatic N) is 1. The number of nitrogens with one attached hydrogen (secondary N) is 1. The molecule has 0 aromatic carbocycles. The van der Waals surface area contributed by atoms with Gasteiger partial charge in [-0.15, -0.1) is 0 Å². The molecule has 0 aromatic heterocycles. The maximum atomic E-state index is 3.54. The molecule has 1 fully saturated rings. The Labute approximate surface area is 89.1 Å². The van der Waals surface area contributed by atoms with Crippen LogP contribution >= 0.6 is 0 Å². The summed E-state index contributed by atoms with van der Waals surface area (Å²) >= 11 is 0. The van der Waals surface area contributed by atoms with Crippen molar-refractivity contribution in [2.24, 2.45) is 5.41 Å². The Morgan fingerprint density at radius 2 is 1.93 bits per heavy atom. The molecule has 1 aliphatic heterocycles. The van der Waals surface area contributed by atoms with Crippen LogP contribution in [0.15, 0.2) is 0 Å². The van der Waals surface area contributed by atoms with Crippen molar-refractivity contribution < 1.29 is 0 Å². The highest BCUT2D eigenvalue weighted by Crippen LogP contribution is 2.20. The van der Waals surface area contributed by atoms with Gasteiger partial charge in [-0.2, -0.15) is 0 Å². The molecule has 1 N–H and O–H groups in total. The lowest BCUT2D eigenvalue weighted by Gasteiger charge is -2.40. The zero-order valence-corrected chi connectivity index (χ0v) is 10.5. The van der Waals surface area contributed by atoms with Gasteiger partial charge in [0.15, 0.2) is 0 Å². The van der Waals surface area contributed by atoms with E-state index in [1.807, 2.05) is 0 Å². The lowest BCUT2D eigenvalue weighted by molar-refractivity contribution is 0.139. The van der Waals surface area contributed by atoms with E-state index in [1.54, 1.807) is 0 Å². The third-order valence-corrected chi connectivity index (χ3v) is 2.83. The molecule has 0 atom stereocenters. The minimum atomic E-state index is 0.302. The number of piperazine rings is 1. The minimum absolute atomic E-state index is 0.302. The van der Waals surface area contributed by atoms with Crippen molar-refractivity contribution in [1.29, 1.82) is 0 Å². The van der Waals surface area contributed by atoms with Crippen molar-refractivity contribution in [2.45, 2.75) is 46.6 Å². The quantitative estimate of drug-likeness (QED) is 0.731. The van der Waals surface area contributed by atoms with Gasteiger partial charge in [-0.3, -0.25) is 0 Å². The Hall–Kier alpha value is -0.0800. The summed E-state index contributed by atoms with van der Waals surface area (Å²) < 4.78 is 0. The number of hydrogen-bond donors (Lipinski definition) is 1. The molecule has 1 aliphatic rings. The SMILES string of the molecule is CC(C)(C)CCN1CCNC(C)(C)C1. The van der Waals surface area contributed by atoms with Gasteiger partial charge >= 0.3 is 0 Å². The third-order valence-electron chi connectivity index (χ3n) is 2.83. The van der Waals surface area contributed by atoms with Crippen LogP contribution in [-0.2, 0) is 0 Å². The first-order chi connectivity index (χ1) is 6.29. The van der Waals surface area contributed by atoms with Gasteiger partial charge in [0.25, 0.3) is 0 Å². The predicted molar refractivity (Wildman–Crippen MR) is 62.6 cm³/mol. The third kappa shape index (κ3) is 4.43. The number of rotatable bonds is 2. The summed E-state index contributed by atoms with van der Waals surface area (Å²) in [5, 5.41) is 3.54. The maximum absolute atomic E-state index is 3.54. The fraction of sp³-hybridized carbons (Fsp3) is 1.00. The van der Waals surface area contributed by atoms with Gasteiger partial charge in [0.1, 0.15) is 0 Å². The van der Waals surface area contributed by atoms with Crippen LogP contribution in [0.4, 0.5) is 0 Å². The monoisotopic (exact) mass is 198 g/mol. The highest BCUT2D eigenvalue weighted by molar-refractivity contribution is 4.86. The molecule has 1 rings (SSSR count). The molecular formula is C12H26N2. The standard InChI is InChI=1S/C12H26N2/c1-11(2,3)6-8-14-9-7-13-12(4,5)10-14/h13H,6-10H2,1-5H3. The van der Waals surface area contributed by atoms with Gasteiger partial charge in [-0.25, -0.2) is 0 Å². The van der Waals surface area contributed by atoms with E-state index in [1.165, 1.54) is 26.1 Å². The fourth-order valence-electron chi connectivity index (χ4n) is 1.93. The van der Waals surface area contributed by atoms with E-state index in [2.05, 4.69) is 44.8 Å². The van der Waals surface area contributed by atoms with Crippen molar-refractivity contribution in [2.75, 3.05) is 26.2 Å². The van der Waals surface area contributed by atoms with Gasteiger partial charge in [0.2, 0.25) is 0 Å². The van der Waals surface area contributed by atoms with Crippen LogP contribution in [0.3, 0.4) is 0 Å². The molecule has 1 saturated heterocycles. The smallest absolute Gasteiger partial charge is 0.0252 e. The molecule has 0 spiro atoms. The van der Waals surface area contributed by atoms with Crippen LogP contribution in [0.1, 0.15) is 41.0 Å². The molecule has 0 unspecified atom stereocenters. The summed E-state index contributed by atoms with van der Waals surface area (Å²) in [4.78, 5) is 2.59. The summed E-state index contributed by atoms with van der Waals surface area (Å²) in [6, 6.07) is 0. The van der Waals surface area contributed by atoms with Gasteiger partial charge in [0, 0.05) is 25.2 Å².